The first kappa shape index (κ1) is 15.3. The highest BCUT2D eigenvalue weighted by Crippen LogP contribution is 2.16. The number of nitrogens with zero attached hydrogens (tertiary/aromatic N) is 1. The van der Waals surface area contributed by atoms with Gasteiger partial charge in [-0.1, -0.05) is 41.7 Å². The maximum atomic E-state index is 12.4. The molecule has 2 aromatic rings. The molecule has 0 bridgehead atoms. The third-order valence-corrected chi connectivity index (χ3v) is 3.89. The van der Waals surface area contributed by atoms with Gasteiger partial charge < -0.3 is 10.6 Å². The first-order valence-electron chi connectivity index (χ1n) is 6.68. The lowest BCUT2D eigenvalue weighted by molar-refractivity contribution is 0.0785. The molecule has 0 aliphatic rings. The van der Waals surface area contributed by atoms with Crippen LogP contribution >= 0.6 is 11.3 Å². The Morgan fingerprint density at radius 3 is 2.71 bits per heavy atom. The SMILES string of the molecule is Cc1ccc(CN(C)C(=O)c2csc(C#CCN)c2)cc1. The van der Waals surface area contributed by atoms with E-state index in [1.807, 2.05) is 37.6 Å². The lowest BCUT2D eigenvalue weighted by Crippen LogP contribution is -2.25. The van der Waals surface area contributed by atoms with Crippen molar-refractivity contribution in [1.29, 1.82) is 0 Å². The summed E-state index contributed by atoms with van der Waals surface area (Å²) < 4.78 is 0. The van der Waals surface area contributed by atoms with Crippen molar-refractivity contribution in [1.82, 2.24) is 4.90 Å². The monoisotopic (exact) mass is 298 g/mol. The van der Waals surface area contributed by atoms with Crippen LogP contribution in [0.25, 0.3) is 0 Å². The van der Waals surface area contributed by atoms with Crippen LogP contribution in [0.2, 0.25) is 0 Å². The van der Waals surface area contributed by atoms with Crippen molar-refractivity contribution in [2.24, 2.45) is 5.73 Å². The zero-order chi connectivity index (χ0) is 15.2. The normalized spacial score (nSPS) is 9.86. The summed E-state index contributed by atoms with van der Waals surface area (Å²) in [6.07, 6.45) is 0. The molecule has 0 atom stereocenters. The molecular formula is C17H18N2OS. The first-order chi connectivity index (χ1) is 10.1. The molecule has 0 unspecified atom stereocenters. The minimum absolute atomic E-state index is 0.00706. The minimum atomic E-state index is 0.00706. The van der Waals surface area contributed by atoms with E-state index in [9.17, 15) is 4.79 Å². The van der Waals surface area contributed by atoms with Gasteiger partial charge in [-0.2, -0.15) is 0 Å². The second-order valence-corrected chi connectivity index (χ2v) is 5.76. The van der Waals surface area contributed by atoms with E-state index < -0.39 is 0 Å². The van der Waals surface area contributed by atoms with Gasteiger partial charge in [0.25, 0.3) is 5.91 Å². The van der Waals surface area contributed by atoms with Crippen molar-refractivity contribution in [3.63, 3.8) is 0 Å². The molecule has 1 aromatic heterocycles. The summed E-state index contributed by atoms with van der Waals surface area (Å²) in [4.78, 5) is 14.9. The van der Waals surface area contributed by atoms with Crippen LogP contribution in [-0.4, -0.2) is 24.4 Å². The molecule has 1 amide bonds. The molecule has 0 aliphatic carbocycles. The largest absolute Gasteiger partial charge is 0.337 e. The Labute approximate surface area is 129 Å². The number of amides is 1. The van der Waals surface area contributed by atoms with Crippen LogP contribution in [0.5, 0.6) is 0 Å². The number of carbonyl (C=O) groups excluding carboxylic acids is 1. The topological polar surface area (TPSA) is 46.3 Å². The molecule has 0 saturated carbocycles. The number of carbonyl (C=O) groups is 1. The number of thiophene rings is 1. The second kappa shape index (κ2) is 7.07. The second-order valence-electron chi connectivity index (χ2n) is 4.85. The molecular weight excluding hydrogens is 280 g/mol. The average Bonchev–Trinajstić information content (AvgIpc) is 2.95. The highest BCUT2D eigenvalue weighted by molar-refractivity contribution is 7.10. The fourth-order valence-electron chi connectivity index (χ4n) is 1.91. The minimum Gasteiger partial charge on any atom is -0.337 e. The van der Waals surface area contributed by atoms with Gasteiger partial charge in [0.1, 0.15) is 0 Å². The molecule has 108 valence electrons. The molecule has 0 fully saturated rings. The summed E-state index contributed by atoms with van der Waals surface area (Å²) in [5.41, 5.74) is 8.36. The lowest BCUT2D eigenvalue weighted by Gasteiger charge is -2.16. The Morgan fingerprint density at radius 1 is 1.33 bits per heavy atom. The number of benzene rings is 1. The van der Waals surface area contributed by atoms with Gasteiger partial charge >= 0.3 is 0 Å². The van der Waals surface area contributed by atoms with Gasteiger partial charge in [0.05, 0.1) is 17.0 Å². The molecule has 1 heterocycles. The van der Waals surface area contributed by atoms with Crippen molar-refractivity contribution in [2.75, 3.05) is 13.6 Å². The zero-order valence-electron chi connectivity index (χ0n) is 12.2. The van der Waals surface area contributed by atoms with Gasteiger partial charge in [0.15, 0.2) is 0 Å². The molecule has 1 aromatic carbocycles. The summed E-state index contributed by atoms with van der Waals surface area (Å²) in [6, 6.07) is 10.0. The predicted molar refractivity (Wildman–Crippen MR) is 87.2 cm³/mol. The predicted octanol–water partition coefficient (Wildman–Crippen LogP) is 2.64. The van der Waals surface area contributed by atoms with Crippen molar-refractivity contribution < 1.29 is 4.79 Å². The molecule has 21 heavy (non-hydrogen) atoms. The third-order valence-electron chi connectivity index (χ3n) is 3.05. The molecule has 2 rings (SSSR count). The highest BCUT2D eigenvalue weighted by atomic mass is 32.1. The van der Waals surface area contributed by atoms with E-state index in [0.717, 1.165) is 10.4 Å². The maximum absolute atomic E-state index is 12.4. The van der Waals surface area contributed by atoms with Crippen LogP contribution in [0, 0.1) is 18.8 Å². The van der Waals surface area contributed by atoms with Gasteiger partial charge in [-0.05, 0) is 18.6 Å². The van der Waals surface area contributed by atoms with Crippen LogP contribution in [-0.2, 0) is 6.54 Å². The number of aryl methyl sites for hydroxylation is 1. The Balaban J connectivity index is 2.05. The van der Waals surface area contributed by atoms with Crippen LogP contribution in [0.15, 0.2) is 35.7 Å². The molecule has 0 saturated heterocycles. The molecule has 0 spiro atoms. The van der Waals surface area contributed by atoms with E-state index in [2.05, 4.69) is 24.0 Å². The van der Waals surface area contributed by atoms with Gasteiger partial charge in [0, 0.05) is 19.0 Å². The zero-order valence-corrected chi connectivity index (χ0v) is 13.0. The van der Waals surface area contributed by atoms with Crippen LogP contribution in [0.1, 0.15) is 26.4 Å². The van der Waals surface area contributed by atoms with Crippen LogP contribution < -0.4 is 5.73 Å². The van der Waals surface area contributed by atoms with Crippen molar-refractivity contribution in [3.05, 3.63) is 57.3 Å². The van der Waals surface area contributed by atoms with E-state index in [4.69, 9.17) is 5.73 Å². The maximum Gasteiger partial charge on any atom is 0.254 e. The number of hydrogen-bond donors (Lipinski definition) is 1. The summed E-state index contributed by atoms with van der Waals surface area (Å²) in [5, 5.41) is 1.84. The van der Waals surface area contributed by atoms with E-state index in [1.165, 1.54) is 16.9 Å². The fraction of sp³-hybridized carbons (Fsp3) is 0.235. The standard InChI is InChI=1S/C17H18N2OS/c1-13-5-7-14(8-6-13)11-19(2)17(20)15-10-16(21-12-15)4-3-9-18/h5-8,10,12H,9,11,18H2,1-2H3. The Morgan fingerprint density at radius 2 is 2.05 bits per heavy atom. The van der Waals surface area contributed by atoms with Crippen molar-refractivity contribution >= 4 is 17.2 Å². The fourth-order valence-corrected chi connectivity index (χ4v) is 2.66. The summed E-state index contributed by atoms with van der Waals surface area (Å²) in [7, 11) is 1.81. The average molecular weight is 298 g/mol. The van der Waals surface area contributed by atoms with Gasteiger partial charge in [-0.3, -0.25) is 4.79 Å². The van der Waals surface area contributed by atoms with Gasteiger partial charge in [-0.15, -0.1) is 11.3 Å². The van der Waals surface area contributed by atoms with E-state index in [1.54, 1.807) is 4.90 Å². The van der Waals surface area contributed by atoms with Crippen molar-refractivity contribution in [2.45, 2.75) is 13.5 Å². The van der Waals surface area contributed by atoms with E-state index in [-0.39, 0.29) is 5.91 Å². The highest BCUT2D eigenvalue weighted by Gasteiger charge is 2.13. The molecule has 3 nitrogen and oxygen atoms in total. The van der Waals surface area contributed by atoms with E-state index in [0.29, 0.717) is 18.7 Å². The lowest BCUT2D eigenvalue weighted by atomic mass is 10.1. The van der Waals surface area contributed by atoms with E-state index >= 15 is 0 Å². The third kappa shape index (κ3) is 4.19. The molecule has 2 N–H and O–H groups in total. The first-order valence-corrected chi connectivity index (χ1v) is 7.56. The van der Waals surface area contributed by atoms with Crippen LogP contribution in [0.3, 0.4) is 0 Å². The van der Waals surface area contributed by atoms with Gasteiger partial charge in [0.2, 0.25) is 0 Å². The summed E-state index contributed by atoms with van der Waals surface area (Å²) in [5.74, 6) is 5.75. The molecule has 0 radical (unpaired) electrons. The van der Waals surface area contributed by atoms with Gasteiger partial charge in [-0.25, -0.2) is 0 Å². The Bertz CT molecular complexity index is 677. The summed E-state index contributed by atoms with van der Waals surface area (Å²) in [6.45, 7) is 2.97. The Hall–Kier alpha value is -2.09. The van der Waals surface area contributed by atoms with Crippen molar-refractivity contribution in [3.8, 4) is 11.8 Å². The smallest absolute Gasteiger partial charge is 0.254 e. The number of rotatable bonds is 3. The summed E-state index contributed by atoms with van der Waals surface area (Å²) >= 11 is 1.47. The Kier molecular flexibility index (Phi) is 5.15. The van der Waals surface area contributed by atoms with Crippen LogP contribution in [0.4, 0.5) is 0 Å². The molecule has 4 heteroatoms. The number of hydrogen-bond acceptors (Lipinski definition) is 3. The number of nitrogens with two attached hydrogens (primary N) is 1. The quantitative estimate of drug-likeness (QED) is 0.886. The molecule has 0 aliphatic heterocycles.